The molecule has 0 bridgehead atoms. The SMILES string of the molecule is COc1cc([C@H](C)CO)ccc1F. The second-order valence-electron chi connectivity index (χ2n) is 2.98. The molecule has 1 aromatic carbocycles. The third-order valence-electron chi connectivity index (χ3n) is 2.02. The number of hydrogen-bond donors (Lipinski definition) is 1. The molecule has 1 N–H and O–H groups in total. The first-order chi connectivity index (χ1) is 6.19. The molecule has 0 saturated carbocycles. The average Bonchev–Trinajstić information content (AvgIpc) is 2.17. The lowest BCUT2D eigenvalue weighted by Gasteiger charge is -2.10. The Morgan fingerprint density at radius 3 is 2.77 bits per heavy atom. The molecule has 0 spiro atoms. The van der Waals surface area contributed by atoms with Crippen molar-refractivity contribution in [3.05, 3.63) is 29.6 Å². The number of benzene rings is 1. The van der Waals surface area contributed by atoms with E-state index in [2.05, 4.69) is 0 Å². The molecule has 0 aromatic heterocycles. The molecule has 0 heterocycles. The van der Waals surface area contributed by atoms with Crippen LogP contribution in [0.3, 0.4) is 0 Å². The van der Waals surface area contributed by atoms with Gasteiger partial charge in [-0.25, -0.2) is 4.39 Å². The van der Waals surface area contributed by atoms with Crippen LogP contribution in [0, 0.1) is 5.82 Å². The molecular formula is C10H13FO2. The molecule has 3 heteroatoms. The zero-order chi connectivity index (χ0) is 9.84. The molecule has 0 amide bonds. The van der Waals surface area contributed by atoms with Gasteiger partial charge in [-0.3, -0.25) is 0 Å². The number of rotatable bonds is 3. The molecule has 72 valence electrons. The van der Waals surface area contributed by atoms with E-state index in [1.165, 1.54) is 13.2 Å². The van der Waals surface area contributed by atoms with Crippen molar-refractivity contribution in [2.24, 2.45) is 0 Å². The molecule has 0 aliphatic carbocycles. The van der Waals surface area contributed by atoms with Gasteiger partial charge in [-0.15, -0.1) is 0 Å². The zero-order valence-electron chi connectivity index (χ0n) is 7.75. The Morgan fingerprint density at radius 2 is 2.23 bits per heavy atom. The maximum Gasteiger partial charge on any atom is 0.165 e. The van der Waals surface area contributed by atoms with Gasteiger partial charge in [-0.1, -0.05) is 13.0 Å². The van der Waals surface area contributed by atoms with Crippen LogP contribution in [0.5, 0.6) is 5.75 Å². The third kappa shape index (κ3) is 2.18. The molecule has 0 saturated heterocycles. The van der Waals surface area contributed by atoms with Gasteiger partial charge in [-0.2, -0.15) is 0 Å². The predicted molar refractivity (Wildman–Crippen MR) is 48.5 cm³/mol. The summed E-state index contributed by atoms with van der Waals surface area (Å²) < 4.78 is 17.8. The second-order valence-corrected chi connectivity index (χ2v) is 2.98. The number of halogens is 1. The fraction of sp³-hybridized carbons (Fsp3) is 0.400. The predicted octanol–water partition coefficient (Wildman–Crippen LogP) is 1.93. The maximum absolute atomic E-state index is 12.9. The minimum atomic E-state index is -0.378. The van der Waals surface area contributed by atoms with Gasteiger partial charge in [0, 0.05) is 12.5 Å². The highest BCUT2D eigenvalue weighted by Gasteiger charge is 2.08. The van der Waals surface area contributed by atoms with Crippen molar-refractivity contribution in [2.45, 2.75) is 12.8 Å². The highest BCUT2D eigenvalue weighted by Crippen LogP contribution is 2.23. The molecule has 0 aliphatic heterocycles. The van der Waals surface area contributed by atoms with Crippen LogP contribution in [-0.4, -0.2) is 18.8 Å². The fourth-order valence-electron chi connectivity index (χ4n) is 1.09. The highest BCUT2D eigenvalue weighted by atomic mass is 19.1. The molecule has 13 heavy (non-hydrogen) atoms. The van der Waals surface area contributed by atoms with Crippen molar-refractivity contribution in [1.29, 1.82) is 0 Å². The summed E-state index contributed by atoms with van der Waals surface area (Å²) in [6.07, 6.45) is 0. The van der Waals surface area contributed by atoms with E-state index in [4.69, 9.17) is 9.84 Å². The summed E-state index contributed by atoms with van der Waals surface area (Å²) in [7, 11) is 1.42. The Kier molecular flexibility index (Phi) is 3.25. The first kappa shape index (κ1) is 9.99. The van der Waals surface area contributed by atoms with Crippen molar-refractivity contribution < 1.29 is 14.2 Å². The molecule has 0 unspecified atom stereocenters. The van der Waals surface area contributed by atoms with Gasteiger partial charge in [0.1, 0.15) is 0 Å². The van der Waals surface area contributed by atoms with Crippen LogP contribution in [0.4, 0.5) is 4.39 Å². The lowest BCUT2D eigenvalue weighted by molar-refractivity contribution is 0.272. The summed E-state index contributed by atoms with van der Waals surface area (Å²) in [6, 6.07) is 4.61. The summed E-state index contributed by atoms with van der Waals surface area (Å²) >= 11 is 0. The maximum atomic E-state index is 12.9. The number of aliphatic hydroxyl groups excluding tert-OH is 1. The van der Waals surface area contributed by atoms with Crippen molar-refractivity contribution in [3.63, 3.8) is 0 Å². The van der Waals surface area contributed by atoms with Gasteiger partial charge >= 0.3 is 0 Å². The Labute approximate surface area is 77.0 Å². The van der Waals surface area contributed by atoms with E-state index in [0.29, 0.717) is 0 Å². The topological polar surface area (TPSA) is 29.5 Å². The number of ether oxygens (including phenoxy) is 1. The monoisotopic (exact) mass is 184 g/mol. The van der Waals surface area contributed by atoms with E-state index < -0.39 is 0 Å². The smallest absolute Gasteiger partial charge is 0.165 e. The van der Waals surface area contributed by atoms with Gasteiger partial charge in [0.15, 0.2) is 11.6 Å². The molecule has 1 aromatic rings. The molecule has 1 atom stereocenters. The Balaban J connectivity index is 2.99. The van der Waals surface area contributed by atoms with E-state index in [-0.39, 0.29) is 24.1 Å². The lowest BCUT2D eigenvalue weighted by Crippen LogP contribution is -2.00. The largest absolute Gasteiger partial charge is 0.494 e. The van der Waals surface area contributed by atoms with E-state index >= 15 is 0 Å². The molecule has 0 fully saturated rings. The van der Waals surface area contributed by atoms with E-state index in [9.17, 15) is 4.39 Å². The van der Waals surface area contributed by atoms with Gasteiger partial charge in [0.05, 0.1) is 7.11 Å². The molecular weight excluding hydrogens is 171 g/mol. The zero-order valence-corrected chi connectivity index (χ0v) is 7.75. The standard InChI is InChI=1S/C10H13FO2/c1-7(6-12)8-3-4-9(11)10(5-8)13-2/h3-5,7,12H,6H2,1-2H3/t7-/m1/s1. The Morgan fingerprint density at radius 1 is 1.54 bits per heavy atom. The summed E-state index contributed by atoms with van der Waals surface area (Å²) in [5.74, 6) is -0.149. The third-order valence-corrected chi connectivity index (χ3v) is 2.02. The van der Waals surface area contributed by atoms with Crippen molar-refractivity contribution in [3.8, 4) is 5.75 Å². The van der Waals surface area contributed by atoms with Crippen LogP contribution in [0.1, 0.15) is 18.4 Å². The fourth-order valence-corrected chi connectivity index (χ4v) is 1.09. The van der Waals surface area contributed by atoms with Crippen LogP contribution in [0.25, 0.3) is 0 Å². The van der Waals surface area contributed by atoms with E-state index in [1.807, 2.05) is 6.92 Å². The van der Waals surface area contributed by atoms with Gasteiger partial charge < -0.3 is 9.84 Å². The molecule has 0 radical (unpaired) electrons. The second kappa shape index (κ2) is 4.23. The number of methoxy groups -OCH3 is 1. The molecule has 1 rings (SSSR count). The quantitative estimate of drug-likeness (QED) is 0.777. The normalized spacial score (nSPS) is 12.6. The van der Waals surface area contributed by atoms with Crippen LogP contribution in [0.2, 0.25) is 0 Å². The van der Waals surface area contributed by atoms with Crippen LogP contribution >= 0.6 is 0 Å². The van der Waals surface area contributed by atoms with Crippen molar-refractivity contribution in [2.75, 3.05) is 13.7 Å². The van der Waals surface area contributed by atoms with Crippen LogP contribution < -0.4 is 4.74 Å². The first-order valence-corrected chi connectivity index (χ1v) is 4.13. The van der Waals surface area contributed by atoms with Crippen LogP contribution in [0.15, 0.2) is 18.2 Å². The highest BCUT2D eigenvalue weighted by molar-refractivity contribution is 5.32. The first-order valence-electron chi connectivity index (χ1n) is 4.13. The van der Waals surface area contributed by atoms with Gasteiger partial charge in [0.2, 0.25) is 0 Å². The summed E-state index contributed by atoms with van der Waals surface area (Å²) in [5.41, 5.74) is 0.876. The molecule has 0 aliphatic rings. The van der Waals surface area contributed by atoms with Crippen molar-refractivity contribution >= 4 is 0 Å². The number of hydrogen-bond acceptors (Lipinski definition) is 2. The van der Waals surface area contributed by atoms with Crippen LogP contribution in [-0.2, 0) is 0 Å². The minimum Gasteiger partial charge on any atom is -0.494 e. The van der Waals surface area contributed by atoms with Gasteiger partial charge in [-0.05, 0) is 17.7 Å². The summed E-state index contributed by atoms with van der Waals surface area (Å²) in [6.45, 7) is 1.92. The molecule has 2 nitrogen and oxygen atoms in total. The number of aliphatic hydroxyl groups is 1. The summed E-state index contributed by atoms with van der Waals surface area (Å²) in [4.78, 5) is 0. The lowest BCUT2D eigenvalue weighted by atomic mass is 10.0. The Hall–Kier alpha value is -1.09. The van der Waals surface area contributed by atoms with Gasteiger partial charge in [0.25, 0.3) is 0 Å². The van der Waals surface area contributed by atoms with E-state index in [0.717, 1.165) is 5.56 Å². The Bertz CT molecular complexity index is 286. The van der Waals surface area contributed by atoms with Crippen molar-refractivity contribution in [1.82, 2.24) is 0 Å². The average molecular weight is 184 g/mol. The summed E-state index contributed by atoms with van der Waals surface area (Å²) in [5, 5.41) is 8.89. The van der Waals surface area contributed by atoms with E-state index in [1.54, 1.807) is 12.1 Å². The minimum absolute atomic E-state index is 0.00880.